The predicted molar refractivity (Wildman–Crippen MR) is 150 cm³/mol. The third-order valence-corrected chi connectivity index (χ3v) is 9.47. The summed E-state index contributed by atoms with van der Waals surface area (Å²) in [5, 5.41) is 12.8. The van der Waals surface area contributed by atoms with Crippen LogP contribution in [0.5, 0.6) is 0 Å². The highest BCUT2D eigenvalue weighted by Gasteiger charge is 2.31. The molecular weight excluding hydrogens is 500 g/mol. The van der Waals surface area contributed by atoms with E-state index >= 15 is 0 Å². The number of hydrogen-bond acceptors (Lipinski definition) is 9. The lowest BCUT2D eigenvalue weighted by Gasteiger charge is -2.39. The molecule has 1 amide bonds. The standard InChI is InChI=1S/C27H38N8O2S/c1-16(2)35-10-9-22(33-35)30-27-31-25(29-18-4-6-19(7-5-18)34-11-13-37-14-12-34)23-20-15-17(24(28)36)3-8-21(20)38-26(23)32-27/h9-10,16-19H,3-8,11-15H2,1-2H3,(H2,28,36)(H2,29,30,31,32,33)/t17-,18-,19-/m1/s1. The largest absolute Gasteiger partial charge is 0.379 e. The van der Waals surface area contributed by atoms with Crippen molar-refractivity contribution in [3.05, 3.63) is 22.7 Å². The molecule has 10 nitrogen and oxygen atoms in total. The van der Waals surface area contributed by atoms with Crippen molar-refractivity contribution >= 4 is 45.0 Å². The number of ether oxygens (including phenoxy) is 1. The van der Waals surface area contributed by atoms with Gasteiger partial charge in [0.15, 0.2) is 5.82 Å². The van der Waals surface area contributed by atoms with Crippen molar-refractivity contribution < 1.29 is 9.53 Å². The monoisotopic (exact) mass is 538 g/mol. The number of carbonyl (C=O) groups excluding carboxylic acids is 1. The molecule has 1 aliphatic heterocycles. The minimum Gasteiger partial charge on any atom is -0.379 e. The first-order chi connectivity index (χ1) is 18.4. The third kappa shape index (κ3) is 5.23. The number of amides is 1. The Bertz CT molecular complexity index is 1290. The number of carbonyl (C=O) groups is 1. The molecule has 4 N–H and O–H groups in total. The van der Waals surface area contributed by atoms with Gasteiger partial charge in [0.05, 0.1) is 18.6 Å². The lowest BCUT2D eigenvalue weighted by Crippen LogP contribution is -2.46. The quantitative estimate of drug-likeness (QED) is 0.414. The summed E-state index contributed by atoms with van der Waals surface area (Å²) in [6.45, 7) is 7.98. The summed E-state index contributed by atoms with van der Waals surface area (Å²) in [6.07, 6.45) is 8.84. The van der Waals surface area contributed by atoms with E-state index in [4.69, 9.17) is 20.4 Å². The van der Waals surface area contributed by atoms with Crippen LogP contribution in [0, 0.1) is 5.92 Å². The Morgan fingerprint density at radius 1 is 1.16 bits per heavy atom. The van der Waals surface area contributed by atoms with E-state index in [1.54, 1.807) is 11.3 Å². The van der Waals surface area contributed by atoms with Crippen molar-refractivity contribution in [1.29, 1.82) is 0 Å². The van der Waals surface area contributed by atoms with E-state index in [2.05, 4.69) is 34.5 Å². The van der Waals surface area contributed by atoms with E-state index in [9.17, 15) is 4.79 Å². The zero-order chi connectivity index (χ0) is 26.2. The number of aryl methyl sites for hydroxylation is 1. The Labute approximate surface area is 227 Å². The van der Waals surface area contributed by atoms with Crippen LogP contribution in [0.1, 0.15) is 62.4 Å². The molecule has 1 saturated carbocycles. The number of hydrogen-bond donors (Lipinski definition) is 3. The highest BCUT2D eigenvalue weighted by atomic mass is 32.1. The van der Waals surface area contributed by atoms with Gasteiger partial charge in [0, 0.05) is 54.3 Å². The first-order valence-corrected chi connectivity index (χ1v) is 14.8. The molecule has 6 rings (SSSR count). The number of rotatable bonds is 7. The average molecular weight is 539 g/mol. The van der Waals surface area contributed by atoms with Crippen LogP contribution in [0.3, 0.4) is 0 Å². The predicted octanol–water partition coefficient (Wildman–Crippen LogP) is 3.86. The van der Waals surface area contributed by atoms with Crippen LogP contribution in [-0.2, 0) is 22.4 Å². The van der Waals surface area contributed by atoms with Crippen molar-refractivity contribution in [2.24, 2.45) is 11.7 Å². The molecule has 0 radical (unpaired) electrons. The molecule has 38 heavy (non-hydrogen) atoms. The van der Waals surface area contributed by atoms with Gasteiger partial charge in [-0.15, -0.1) is 11.3 Å². The smallest absolute Gasteiger partial charge is 0.231 e. The van der Waals surface area contributed by atoms with Gasteiger partial charge in [0.2, 0.25) is 11.9 Å². The zero-order valence-corrected chi connectivity index (χ0v) is 23.1. The molecule has 3 aromatic heterocycles. The van der Waals surface area contributed by atoms with Crippen molar-refractivity contribution in [3.8, 4) is 0 Å². The second kappa shape index (κ2) is 10.8. The van der Waals surface area contributed by atoms with Gasteiger partial charge in [-0.25, -0.2) is 4.98 Å². The topological polar surface area (TPSA) is 123 Å². The van der Waals surface area contributed by atoms with Gasteiger partial charge in [0.1, 0.15) is 10.6 Å². The van der Waals surface area contributed by atoms with Gasteiger partial charge in [-0.05, 0) is 64.4 Å². The van der Waals surface area contributed by atoms with E-state index in [0.29, 0.717) is 24.5 Å². The molecule has 2 fully saturated rings. The molecule has 2 aliphatic carbocycles. The van der Waals surface area contributed by atoms with Crippen LogP contribution in [0.4, 0.5) is 17.6 Å². The molecule has 204 valence electrons. The SMILES string of the molecule is CC(C)n1ccc(Nc2nc(N[C@H]3CC[C@H](N4CCOCC4)CC3)c3c4c(sc3n2)CC[C@@H](C(N)=O)C4)n1. The van der Waals surface area contributed by atoms with E-state index in [-0.39, 0.29) is 17.9 Å². The van der Waals surface area contributed by atoms with E-state index in [0.717, 1.165) is 73.8 Å². The molecule has 4 heterocycles. The van der Waals surface area contributed by atoms with Crippen LogP contribution in [0.2, 0.25) is 0 Å². The summed E-state index contributed by atoms with van der Waals surface area (Å²) >= 11 is 1.72. The fourth-order valence-electron chi connectivity index (χ4n) is 6.11. The van der Waals surface area contributed by atoms with Gasteiger partial charge in [-0.3, -0.25) is 14.4 Å². The van der Waals surface area contributed by atoms with Gasteiger partial charge in [-0.1, -0.05) is 0 Å². The van der Waals surface area contributed by atoms with Crippen molar-refractivity contribution in [3.63, 3.8) is 0 Å². The van der Waals surface area contributed by atoms with Crippen LogP contribution >= 0.6 is 11.3 Å². The molecule has 1 saturated heterocycles. The Hall–Kier alpha value is -2.76. The van der Waals surface area contributed by atoms with Crippen LogP contribution < -0.4 is 16.4 Å². The molecule has 11 heteroatoms. The van der Waals surface area contributed by atoms with Gasteiger partial charge >= 0.3 is 0 Å². The van der Waals surface area contributed by atoms with E-state index in [1.165, 1.54) is 23.3 Å². The number of nitrogens with zero attached hydrogens (tertiary/aromatic N) is 5. The second-order valence-electron chi connectivity index (χ2n) is 11.1. The van der Waals surface area contributed by atoms with Gasteiger partial charge in [0.25, 0.3) is 0 Å². The Balaban J connectivity index is 1.27. The number of nitrogens with one attached hydrogen (secondary N) is 2. The minimum absolute atomic E-state index is 0.130. The maximum atomic E-state index is 12.0. The number of thiophene rings is 1. The number of aromatic nitrogens is 4. The number of fused-ring (bicyclic) bond motifs is 3. The molecule has 0 bridgehead atoms. The van der Waals surface area contributed by atoms with Crippen LogP contribution in [0.15, 0.2) is 12.3 Å². The normalized spacial score (nSPS) is 24.4. The van der Waals surface area contributed by atoms with Crippen molar-refractivity contribution in [1.82, 2.24) is 24.6 Å². The fraction of sp³-hybridized carbons (Fsp3) is 0.630. The fourth-order valence-corrected chi connectivity index (χ4v) is 7.32. The van der Waals surface area contributed by atoms with E-state index < -0.39 is 0 Å². The van der Waals surface area contributed by atoms with Gasteiger partial charge in [-0.2, -0.15) is 10.1 Å². The second-order valence-corrected chi connectivity index (χ2v) is 12.2. The maximum Gasteiger partial charge on any atom is 0.231 e. The maximum absolute atomic E-state index is 12.0. The molecule has 1 atom stereocenters. The Morgan fingerprint density at radius 2 is 1.95 bits per heavy atom. The number of primary amides is 1. The minimum atomic E-state index is -0.217. The molecule has 3 aromatic rings. The number of morpholine rings is 1. The summed E-state index contributed by atoms with van der Waals surface area (Å²) in [5.41, 5.74) is 6.91. The molecule has 0 aromatic carbocycles. The Morgan fingerprint density at radius 3 is 2.66 bits per heavy atom. The average Bonchev–Trinajstić information content (AvgIpc) is 3.54. The van der Waals surface area contributed by atoms with Crippen molar-refractivity contribution in [2.75, 3.05) is 36.9 Å². The summed E-state index contributed by atoms with van der Waals surface area (Å²) in [5.74, 6) is 1.78. The first-order valence-electron chi connectivity index (χ1n) is 14.0. The highest BCUT2D eigenvalue weighted by Crippen LogP contribution is 2.41. The molecule has 0 unspecified atom stereocenters. The molecule has 0 spiro atoms. The number of anilines is 3. The summed E-state index contributed by atoms with van der Waals surface area (Å²) in [6, 6.07) is 3.22. The Kier molecular flexibility index (Phi) is 7.24. The number of nitrogens with two attached hydrogens (primary N) is 1. The highest BCUT2D eigenvalue weighted by molar-refractivity contribution is 7.19. The van der Waals surface area contributed by atoms with Crippen LogP contribution in [-0.4, -0.2) is 68.9 Å². The molecule has 3 aliphatic rings. The van der Waals surface area contributed by atoms with Gasteiger partial charge < -0.3 is 21.1 Å². The summed E-state index contributed by atoms with van der Waals surface area (Å²) < 4.78 is 7.47. The summed E-state index contributed by atoms with van der Waals surface area (Å²) in [4.78, 5) is 26.8. The summed E-state index contributed by atoms with van der Waals surface area (Å²) in [7, 11) is 0. The lowest BCUT2D eigenvalue weighted by molar-refractivity contribution is -0.122. The molecular formula is C27H38N8O2S. The van der Waals surface area contributed by atoms with Crippen LogP contribution in [0.25, 0.3) is 10.2 Å². The lowest BCUT2D eigenvalue weighted by atomic mass is 9.86. The zero-order valence-electron chi connectivity index (χ0n) is 22.3. The van der Waals surface area contributed by atoms with Crippen molar-refractivity contribution in [2.45, 2.75) is 76.9 Å². The third-order valence-electron chi connectivity index (χ3n) is 8.28. The first kappa shape index (κ1) is 25.5. The van der Waals surface area contributed by atoms with E-state index in [1.807, 2.05) is 16.9 Å².